The van der Waals surface area contributed by atoms with Crippen molar-refractivity contribution in [1.29, 1.82) is 0 Å². The van der Waals surface area contributed by atoms with Gasteiger partial charge in [-0.2, -0.15) is 0 Å². The van der Waals surface area contributed by atoms with E-state index in [0.29, 0.717) is 12.1 Å². The second-order valence-corrected chi connectivity index (χ2v) is 6.52. The van der Waals surface area contributed by atoms with E-state index in [1.807, 2.05) is 36.4 Å². The van der Waals surface area contributed by atoms with E-state index >= 15 is 0 Å². The van der Waals surface area contributed by atoms with Crippen LogP contribution in [0.4, 0.5) is 0 Å². The van der Waals surface area contributed by atoms with Gasteiger partial charge >= 0.3 is 5.63 Å². The topological polar surface area (TPSA) is 79.2 Å². The van der Waals surface area contributed by atoms with Crippen LogP contribution in [0.5, 0.6) is 0 Å². The molecule has 4 aromatic rings. The van der Waals surface area contributed by atoms with E-state index in [9.17, 15) is 9.59 Å². The lowest BCUT2D eigenvalue weighted by molar-refractivity contribution is 0.0789. The summed E-state index contributed by atoms with van der Waals surface area (Å²) in [6, 6.07) is 16.6. The third-order valence-corrected chi connectivity index (χ3v) is 4.56. The zero-order chi connectivity index (χ0) is 18.8. The zero-order valence-electron chi connectivity index (χ0n) is 14.9. The molecule has 0 atom stereocenters. The van der Waals surface area contributed by atoms with Gasteiger partial charge in [0.1, 0.15) is 17.0 Å². The first-order chi connectivity index (χ1) is 13.1. The highest BCUT2D eigenvalue weighted by Gasteiger charge is 2.17. The summed E-state index contributed by atoms with van der Waals surface area (Å²) in [5, 5.41) is 0.733. The predicted octanol–water partition coefficient (Wildman–Crippen LogP) is 3.37. The fourth-order valence-electron chi connectivity index (χ4n) is 3.13. The number of rotatable bonds is 5. The molecule has 6 heteroatoms. The molecule has 1 amide bonds. The number of aromatic nitrogens is 2. The highest BCUT2D eigenvalue weighted by molar-refractivity contribution is 5.96. The number of hydrogen-bond donors (Lipinski definition) is 1. The van der Waals surface area contributed by atoms with Crippen LogP contribution in [0.2, 0.25) is 0 Å². The van der Waals surface area contributed by atoms with Crippen molar-refractivity contribution in [3.63, 3.8) is 0 Å². The van der Waals surface area contributed by atoms with Crippen molar-refractivity contribution in [3.8, 4) is 0 Å². The number of carbonyl (C=O) groups excluding carboxylic acids is 1. The van der Waals surface area contributed by atoms with E-state index < -0.39 is 5.63 Å². The molecule has 2 aromatic heterocycles. The van der Waals surface area contributed by atoms with E-state index in [2.05, 4.69) is 9.97 Å². The van der Waals surface area contributed by atoms with Crippen molar-refractivity contribution in [2.24, 2.45) is 0 Å². The molecule has 6 nitrogen and oxygen atoms in total. The Morgan fingerprint density at radius 3 is 2.78 bits per heavy atom. The SMILES string of the molecule is CN(CCCc1nc2ccccc2[nH]1)C(=O)c1cc2ccccc2oc1=O. The second-order valence-electron chi connectivity index (χ2n) is 6.52. The summed E-state index contributed by atoms with van der Waals surface area (Å²) in [6.45, 7) is 0.516. The van der Waals surface area contributed by atoms with Crippen molar-refractivity contribution >= 4 is 27.9 Å². The van der Waals surface area contributed by atoms with Crippen molar-refractivity contribution in [2.75, 3.05) is 13.6 Å². The molecule has 0 bridgehead atoms. The molecule has 0 unspecified atom stereocenters. The molecule has 1 N–H and O–H groups in total. The minimum Gasteiger partial charge on any atom is -0.422 e. The van der Waals surface area contributed by atoms with E-state index in [1.165, 1.54) is 0 Å². The Morgan fingerprint density at radius 2 is 1.93 bits per heavy atom. The van der Waals surface area contributed by atoms with Gasteiger partial charge in [-0.1, -0.05) is 30.3 Å². The molecule has 0 aliphatic rings. The average molecular weight is 361 g/mol. The molecule has 2 heterocycles. The third kappa shape index (κ3) is 3.46. The standard InChI is InChI=1S/C21H19N3O3/c1-24(12-6-11-19-22-16-8-3-4-9-17(16)23-19)20(25)15-13-14-7-2-5-10-18(14)27-21(15)26/h2-5,7-10,13H,6,11-12H2,1H3,(H,22,23). The Morgan fingerprint density at radius 1 is 1.15 bits per heavy atom. The van der Waals surface area contributed by atoms with Gasteiger partial charge < -0.3 is 14.3 Å². The Balaban J connectivity index is 1.43. The first-order valence-corrected chi connectivity index (χ1v) is 8.84. The van der Waals surface area contributed by atoms with Crippen molar-refractivity contribution in [3.05, 3.63) is 76.4 Å². The lowest BCUT2D eigenvalue weighted by Crippen LogP contribution is -2.31. The van der Waals surface area contributed by atoms with Gasteiger partial charge in [-0.25, -0.2) is 9.78 Å². The first-order valence-electron chi connectivity index (χ1n) is 8.84. The number of imidazole rings is 1. The fraction of sp³-hybridized carbons (Fsp3) is 0.190. The van der Waals surface area contributed by atoms with Gasteiger partial charge in [0.05, 0.1) is 11.0 Å². The van der Waals surface area contributed by atoms with Gasteiger partial charge in [0.25, 0.3) is 5.91 Å². The van der Waals surface area contributed by atoms with Gasteiger partial charge in [-0.3, -0.25) is 4.79 Å². The fourth-order valence-corrected chi connectivity index (χ4v) is 3.13. The van der Waals surface area contributed by atoms with Crippen LogP contribution >= 0.6 is 0 Å². The Hall–Kier alpha value is -3.41. The Bertz CT molecular complexity index is 1140. The summed E-state index contributed by atoms with van der Waals surface area (Å²) in [4.78, 5) is 34.1. The van der Waals surface area contributed by atoms with Crippen molar-refractivity contribution in [2.45, 2.75) is 12.8 Å². The summed E-state index contributed by atoms with van der Waals surface area (Å²) >= 11 is 0. The summed E-state index contributed by atoms with van der Waals surface area (Å²) in [6.07, 6.45) is 1.46. The van der Waals surface area contributed by atoms with Gasteiger partial charge in [0, 0.05) is 25.4 Å². The molecule has 0 saturated heterocycles. The zero-order valence-corrected chi connectivity index (χ0v) is 14.9. The van der Waals surface area contributed by atoms with E-state index in [4.69, 9.17) is 4.42 Å². The molecule has 0 saturated carbocycles. The Labute approximate surface area is 155 Å². The molecule has 2 aromatic carbocycles. The van der Waals surface area contributed by atoms with Crippen LogP contribution in [0.15, 0.2) is 63.8 Å². The first kappa shape index (κ1) is 17.0. The summed E-state index contributed by atoms with van der Waals surface area (Å²) in [5.41, 5.74) is 1.87. The minimum absolute atomic E-state index is 0.0555. The number of nitrogens with one attached hydrogen (secondary N) is 1. The monoisotopic (exact) mass is 361 g/mol. The van der Waals surface area contributed by atoms with Crippen LogP contribution in [0.25, 0.3) is 22.0 Å². The van der Waals surface area contributed by atoms with Crippen LogP contribution in [-0.2, 0) is 6.42 Å². The number of H-pyrrole nitrogens is 1. The maximum atomic E-state index is 12.6. The minimum atomic E-state index is -0.608. The highest BCUT2D eigenvalue weighted by Crippen LogP contribution is 2.14. The number of fused-ring (bicyclic) bond motifs is 2. The number of aromatic amines is 1. The number of benzene rings is 2. The van der Waals surface area contributed by atoms with Crippen LogP contribution in [0.3, 0.4) is 0 Å². The van der Waals surface area contributed by atoms with E-state index in [0.717, 1.165) is 35.1 Å². The van der Waals surface area contributed by atoms with Gasteiger partial charge in [0.2, 0.25) is 0 Å². The average Bonchev–Trinajstić information content (AvgIpc) is 3.09. The number of amides is 1. The van der Waals surface area contributed by atoms with Crippen molar-refractivity contribution < 1.29 is 9.21 Å². The van der Waals surface area contributed by atoms with Gasteiger partial charge in [-0.05, 0) is 30.7 Å². The molecule has 0 aliphatic carbocycles. The maximum absolute atomic E-state index is 12.6. The molecule has 0 fully saturated rings. The normalized spacial score (nSPS) is 11.1. The third-order valence-electron chi connectivity index (χ3n) is 4.56. The smallest absolute Gasteiger partial charge is 0.349 e. The van der Waals surface area contributed by atoms with Crippen LogP contribution in [0, 0.1) is 0 Å². The predicted molar refractivity (Wildman–Crippen MR) is 104 cm³/mol. The summed E-state index contributed by atoms with van der Waals surface area (Å²) in [5.74, 6) is 0.557. The number of para-hydroxylation sites is 3. The molecule has 4 rings (SSSR count). The van der Waals surface area contributed by atoms with Crippen LogP contribution < -0.4 is 5.63 Å². The van der Waals surface area contributed by atoms with Crippen molar-refractivity contribution in [1.82, 2.24) is 14.9 Å². The molecule has 0 aliphatic heterocycles. The maximum Gasteiger partial charge on any atom is 0.349 e. The molecule has 27 heavy (non-hydrogen) atoms. The number of nitrogens with zero attached hydrogens (tertiary/aromatic N) is 2. The molecule has 0 radical (unpaired) electrons. The van der Waals surface area contributed by atoms with E-state index in [-0.39, 0.29) is 11.5 Å². The molecule has 136 valence electrons. The van der Waals surface area contributed by atoms with Crippen LogP contribution in [0.1, 0.15) is 22.6 Å². The number of carbonyl (C=O) groups is 1. The van der Waals surface area contributed by atoms with Crippen LogP contribution in [-0.4, -0.2) is 34.4 Å². The highest BCUT2D eigenvalue weighted by atomic mass is 16.4. The number of hydrogen-bond acceptors (Lipinski definition) is 4. The summed E-state index contributed by atoms with van der Waals surface area (Å²) in [7, 11) is 1.69. The molecule has 0 spiro atoms. The lowest BCUT2D eigenvalue weighted by Gasteiger charge is -2.16. The van der Waals surface area contributed by atoms with Gasteiger partial charge in [-0.15, -0.1) is 0 Å². The quantitative estimate of drug-likeness (QED) is 0.553. The molecular formula is C21H19N3O3. The Kier molecular flexibility index (Phi) is 4.46. The number of aryl methyl sites for hydroxylation is 1. The largest absolute Gasteiger partial charge is 0.422 e. The second kappa shape index (κ2) is 7.07. The lowest BCUT2D eigenvalue weighted by atomic mass is 10.1. The van der Waals surface area contributed by atoms with E-state index in [1.54, 1.807) is 30.1 Å². The van der Waals surface area contributed by atoms with Gasteiger partial charge in [0.15, 0.2) is 0 Å². The molecular weight excluding hydrogens is 342 g/mol. The summed E-state index contributed by atoms with van der Waals surface area (Å²) < 4.78 is 5.25.